The molecule has 0 heterocycles. The molecule has 0 saturated carbocycles. The van der Waals surface area contributed by atoms with Gasteiger partial charge >= 0.3 is 0 Å². The van der Waals surface area contributed by atoms with Crippen LogP contribution in [0.2, 0.25) is 15.1 Å². The van der Waals surface area contributed by atoms with Crippen LogP contribution < -0.4 is 9.62 Å². The van der Waals surface area contributed by atoms with Crippen molar-refractivity contribution in [2.24, 2.45) is 5.92 Å². The predicted octanol–water partition coefficient (Wildman–Crippen LogP) is 7.56. The summed E-state index contributed by atoms with van der Waals surface area (Å²) in [7, 11) is -4.26. The number of anilines is 1. The van der Waals surface area contributed by atoms with Gasteiger partial charge in [0.05, 0.1) is 10.6 Å². The van der Waals surface area contributed by atoms with Gasteiger partial charge < -0.3 is 10.2 Å². The molecular formula is C35H36Cl3N3O4S. The van der Waals surface area contributed by atoms with Gasteiger partial charge in [-0.1, -0.05) is 109 Å². The molecule has 0 bridgehead atoms. The van der Waals surface area contributed by atoms with E-state index in [1.165, 1.54) is 17.0 Å². The molecule has 0 radical (unpaired) electrons. The van der Waals surface area contributed by atoms with Gasteiger partial charge in [0.25, 0.3) is 10.0 Å². The summed E-state index contributed by atoms with van der Waals surface area (Å²) >= 11 is 19.6. The maximum Gasteiger partial charge on any atom is 0.264 e. The molecule has 4 aromatic carbocycles. The van der Waals surface area contributed by atoms with Gasteiger partial charge in [-0.05, 0) is 60.4 Å². The zero-order valence-corrected chi connectivity index (χ0v) is 28.9. The quantitative estimate of drug-likeness (QED) is 0.156. The minimum Gasteiger partial charge on any atom is -0.354 e. The first-order chi connectivity index (χ1) is 21.9. The lowest BCUT2D eigenvalue weighted by Crippen LogP contribution is -2.54. The van der Waals surface area contributed by atoms with Crippen LogP contribution in [0.4, 0.5) is 5.69 Å². The molecule has 1 atom stereocenters. The number of hydrogen-bond acceptors (Lipinski definition) is 4. The fourth-order valence-electron chi connectivity index (χ4n) is 4.93. The second kappa shape index (κ2) is 15.8. The zero-order chi connectivity index (χ0) is 33.4. The minimum absolute atomic E-state index is 0.00149. The highest BCUT2D eigenvalue weighted by Gasteiger charge is 2.35. The van der Waals surface area contributed by atoms with Crippen LogP contribution in [-0.4, -0.2) is 44.3 Å². The Kier molecular flexibility index (Phi) is 12.1. The largest absolute Gasteiger partial charge is 0.354 e. The van der Waals surface area contributed by atoms with Crippen molar-refractivity contribution in [1.82, 2.24) is 10.2 Å². The molecular weight excluding hydrogens is 665 g/mol. The predicted molar refractivity (Wildman–Crippen MR) is 186 cm³/mol. The summed E-state index contributed by atoms with van der Waals surface area (Å²) in [4.78, 5) is 29.9. The highest BCUT2D eigenvalue weighted by molar-refractivity contribution is 7.92. The summed E-state index contributed by atoms with van der Waals surface area (Å²) in [6.45, 7) is 5.25. The van der Waals surface area contributed by atoms with Gasteiger partial charge in [-0.2, -0.15) is 0 Å². The van der Waals surface area contributed by atoms with E-state index in [2.05, 4.69) is 5.32 Å². The summed E-state index contributed by atoms with van der Waals surface area (Å²) in [5, 5.41) is 3.92. The number of amides is 2. The van der Waals surface area contributed by atoms with Crippen molar-refractivity contribution in [3.63, 3.8) is 0 Å². The second-order valence-electron chi connectivity index (χ2n) is 11.3. The van der Waals surface area contributed by atoms with Crippen LogP contribution in [0.3, 0.4) is 0 Å². The van der Waals surface area contributed by atoms with Crippen LogP contribution in [0.1, 0.15) is 30.5 Å². The van der Waals surface area contributed by atoms with E-state index < -0.39 is 28.5 Å². The molecule has 4 aromatic rings. The van der Waals surface area contributed by atoms with Gasteiger partial charge in [-0.3, -0.25) is 13.9 Å². The maximum atomic E-state index is 14.6. The lowest BCUT2D eigenvalue weighted by atomic mass is 10.0. The molecule has 4 rings (SSSR count). The molecule has 0 aliphatic heterocycles. The summed E-state index contributed by atoms with van der Waals surface area (Å²) < 4.78 is 29.4. The topological polar surface area (TPSA) is 86.8 Å². The van der Waals surface area contributed by atoms with Gasteiger partial charge in [-0.25, -0.2) is 8.42 Å². The molecule has 7 nitrogen and oxygen atoms in total. The molecule has 0 spiro atoms. The van der Waals surface area contributed by atoms with E-state index in [4.69, 9.17) is 34.8 Å². The third kappa shape index (κ3) is 8.62. The molecule has 1 N–H and O–H groups in total. The Hall–Kier alpha value is -3.56. The Balaban J connectivity index is 1.86. The Morgan fingerprint density at radius 2 is 1.35 bits per heavy atom. The number of halogens is 3. The average Bonchev–Trinajstić information content (AvgIpc) is 3.03. The van der Waals surface area contributed by atoms with E-state index in [0.29, 0.717) is 32.7 Å². The van der Waals surface area contributed by atoms with Crippen LogP contribution in [0.5, 0.6) is 0 Å². The summed E-state index contributed by atoms with van der Waals surface area (Å²) in [6.07, 6.45) is 0.167. The molecule has 46 heavy (non-hydrogen) atoms. The van der Waals surface area contributed by atoms with Crippen molar-refractivity contribution in [3.05, 3.63) is 129 Å². The fourth-order valence-corrected chi connectivity index (χ4v) is 7.11. The first-order valence-electron chi connectivity index (χ1n) is 14.8. The van der Waals surface area contributed by atoms with E-state index >= 15 is 0 Å². The van der Waals surface area contributed by atoms with E-state index in [9.17, 15) is 18.0 Å². The molecule has 1 unspecified atom stereocenters. The first-order valence-corrected chi connectivity index (χ1v) is 17.3. The summed E-state index contributed by atoms with van der Waals surface area (Å²) in [5.74, 6) is -0.859. The lowest BCUT2D eigenvalue weighted by Gasteiger charge is -2.34. The van der Waals surface area contributed by atoms with E-state index in [-0.39, 0.29) is 35.4 Å². The number of sulfonamides is 1. The number of nitrogens with zero attached hydrogens (tertiary/aromatic N) is 2. The van der Waals surface area contributed by atoms with Crippen LogP contribution in [0.15, 0.2) is 102 Å². The van der Waals surface area contributed by atoms with Crippen molar-refractivity contribution in [2.45, 2.75) is 44.7 Å². The normalized spacial score (nSPS) is 12.1. The van der Waals surface area contributed by atoms with Gasteiger partial charge in [0.1, 0.15) is 12.6 Å². The molecule has 11 heteroatoms. The van der Waals surface area contributed by atoms with E-state index in [1.54, 1.807) is 61.5 Å². The van der Waals surface area contributed by atoms with Crippen LogP contribution >= 0.6 is 34.8 Å². The molecule has 0 aliphatic rings. The molecule has 0 aromatic heterocycles. The number of rotatable bonds is 13. The Bertz CT molecular complexity index is 1750. The van der Waals surface area contributed by atoms with Crippen molar-refractivity contribution < 1.29 is 18.0 Å². The molecule has 242 valence electrons. The van der Waals surface area contributed by atoms with Crippen LogP contribution in [0, 0.1) is 12.8 Å². The van der Waals surface area contributed by atoms with E-state index in [1.807, 2.05) is 44.2 Å². The average molecular weight is 701 g/mol. The second-order valence-corrected chi connectivity index (χ2v) is 14.4. The van der Waals surface area contributed by atoms with Crippen molar-refractivity contribution in [3.8, 4) is 0 Å². The minimum atomic E-state index is -4.26. The number of hydrogen-bond donors (Lipinski definition) is 1. The van der Waals surface area contributed by atoms with Gasteiger partial charge in [0, 0.05) is 40.1 Å². The van der Waals surface area contributed by atoms with Crippen LogP contribution in [-0.2, 0) is 32.6 Å². The lowest BCUT2D eigenvalue weighted by molar-refractivity contribution is -0.140. The van der Waals surface area contributed by atoms with Gasteiger partial charge in [0.2, 0.25) is 11.8 Å². The Labute approximate surface area is 286 Å². The SMILES string of the molecule is Cc1c(Cl)cccc1N(CC(=O)N(Cc1c(Cl)cccc1Cl)C(Cc1ccccc1)C(=O)NCC(C)C)S(=O)(=O)c1ccccc1. The first kappa shape index (κ1) is 35.3. The van der Waals surface area contributed by atoms with Crippen molar-refractivity contribution in [1.29, 1.82) is 0 Å². The Morgan fingerprint density at radius 3 is 1.96 bits per heavy atom. The smallest absolute Gasteiger partial charge is 0.264 e. The Morgan fingerprint density at radius 1 is 0.783 bits per heavy atom. The van der Waals surface area contributed by atoms with Crippen molar-refractivity contribution >= 4 is 62.3 Å². The zero-order valence-electron chi connectivity index (χ0n) is 25.8. The number of benzene rings is 4. The molecule has 0 saturated heterocycles. The monoisotopic (exact) mass is 699 g/mol. The third-order valence-corrected chi connectivity index (χ3v) is 10.4. The summed E-state index contributed by atoms with van der Waals surface area (Å²) in [6, 6.07) is 26.0. The van der Waals surface area contributed by atoms with Gasteiger partial charge in [0.15, 0.2) is 0 Å². The number of carbonyl (C=O) groups excluding carboxylic acids is 2. The third-order valence-electron chi connectivity index (χ3n) is 7.46. The molecule has 2 amide bonds. The standard InChI is InChI=1S/C35H36Cl3N3O4S/c1-24(2)21-39-35(43)33(20-26-12-6-4-7-13-26)40(22-28-30(37)17-10-18-31(28)38)34(42)23-41(32-19-11-16-29(36)25(32)3)46(44,45)27-14-8-5-9-15-27/h4-19,24,33H,20-23H2,1-3H3,(H,39,43). The fraction of sp³-hybridized carbons (Fsp3) is 0.257. The number of carbonyl (C=O) groups is 2. The molecule has 0 fully saturated rings. The van der Waals surface area contributed by atoms with E-state index in [0.717, 1.165) is 9.87 Å². The highest BCUT2D eigenvalue weighted by Crippen LogP contribution is 2.32. The van der Waals surface area contributed by atoms with Crippen LogP contribution in [0.25, 0.3) is 0 Å². The van der Waals surface area contributed by atoms with Gasteiger partial charge in [-0.15, -0.1) is 0 Å². The summed E-state index contributed by atoms with van der Waals surface area (Å²) in [5.41, 5.74) is 1.97. The molecule has 0 aliphatic carbocycles. The maximum absolute atomic E-state index is 14.6. The highest BCUT2D eigenvalue weighted by atomic mass is 35.5. The van der Waals surface area contributed by atoms with Crippen molar-refractivity contribution in [2.75, 3.05) is 17.4 Å². The number of nitrogens with one attached hydrogen (secondary N) is 1.